The van der Waals surface area contributed by atoms with Gasteiger partial charge < -0.3 is 15.3 Å². The van der Waals surface area contributed by atoms with Crippen molar-refractivity contribution in [2.24, 2.45) is 0 Å². The van der Waals surface area contributed by atoms with Crippen LogP contribution in [0.15, 0.2) is 66.9 Å². The van der Waals surface area contributed by atoms with E-state index >= 15 is 0 Å². The van der Waals surface area contributed by atoms with Crippen LogP contribution < -0.4 is 10.9 Å². The molecule has 0 bridgehead atoms. The number of hydrogen-bond donors (Lipinski definition) is 3. The fourth-order valence-electron chi connectivity index (χ4n) is 2.28. The standard InChI is InChI=1S/C19H23N3O3/c1-3-25-19(24)16(21-22-17-11-7-8-12-20-17)13-14(2)18(23)15-9-5-4-6-10-15/h4-12,16,18,21,23H,2-3,13H2,1H3,(H,20,22). The zero-order chi connectivity index (χ0) is 18.1. The van der Waals surface area contributed by atoms with E-state index in [1.165, 1.54) is 0 Å². The number of carbonyl (C=O) groups excluding carboxylic acids is 1. The van der Waals surface area contributed by atoms with Crippen molar-refractivity contribution in [3.8, 4) is 0 Å². The third-order valence-electron chi connectivity index (χ3n) is 3.58. The van der Waals surface area contributed by atoms with E-state index in [2.05, 4.69) is 22.4 Å². The van der Waals surface area contributed by atoms with Crippen LogP contribution in [0.3, 0.4) is 0 Å². The molecular formula is C19H23N3O3. The van der Waals surface area contributed by atoms with E-state index in [0.29, 0.717) is 11.4 Å². The monoisotopic (exact) mass is 341 g/mol. The van der Waals surface area contributed by atoms with E-state index in [9.17, 15) is 9.90 Å². The Labute approximate surface area is 147 Å². The highest BCUT2D eigenvalue weighted by molar-refractivity contribution is 5.76. The summed E-state index contributed by atoms with van der Waals surface area (Å²) in [7, 11) is 0. The van der Waals surface area contributed by atoms with Crippen LogP contribution in [0.1, 0.15) is 25.0 Å². The molecule has 2 unspecified atom stereocenters. The topological polar surface area (TPSA) is 83.5 Å². The van der Waals surface area contributed by atoms with Gasteiger partial charge in [0.1, 0.15) is 11.9 Å². The molecule has 2 aromatic rings. The molecule has 2 atom stereocenters. The maximum atomic E-state index is 12.2. The van der Waals surface area contributed by atoms with E-state index in [1.54, 1.807) is 25.3 Å². The number of ether oxygens (including phenoxy) is 1. The fourth-order valence-corrected chi connectivity index (χ4v) is 2.28. The van der Waals surface area contributed by atoms with Crippen molar-refractivity contribution >= 4 is 11.8 Å². The molecule has 0 saturated carbocycles. The summed E-state index contributed by atoms with van der Waals surface area (Å²) in [6, 6.07) is 13.9. The molecule has 0 aliphatic rings. The van der Waals surface area contributed by atoms with Gasteiger partial charge in [0, 0.05) is 6.20 Å². The number of anilines is 1. The van der Waals surface area contributed by atoms with Gasteiger partial charge >= 0.3 is 5.97 Å². The van der Waals surface area contributed by atoms with Gasteiger partial charge in [-0.25, -0.2) is 10.4 Å². The number of aliphatic hydroxyl groups is 1. The second-order valence-corrected chi connectivity index (χ2v) is 5.46. The molecule has 0 amide bonds. The molecule has 0 saturated heterocycles. The molecule has 25 heavy (non-hydrogen) atoms. The summed E-state index contributed by atoms with van der Waals surface area (Å²) in [5.74, 6) is 0.151. The predicted molar refractivity (Wildman–Crippen MR) is 96.6 cm³/mol. The number of nitrogens with one attached hydrogen (secondary N) is 2. The summed E-state index contributed by atoms with van der Waals surface area (Å²) in [5, 5.41) is 10.4. The number of pyridine rings is 1. The molecule has 1 aromatic carbocycles. The van der Waals surface area contributed by atoms with Crippen molar-refractivity contribution in [1.82, 2.24) is 10.4 Å². The molecule has 0 radical (unpaired) electrons. The maximum Gasteiger partial charge on any atom is 0.325 e. The number of carbonyl (C=O) groups is 1. The summed E-state index contributed by atoms with van der Waals surface area (Å²) in [4.78, 5) is 16.3. The summed E-state index contributed by atoms with van der Waals surface area (Å²) in [6.45, 7) is 5.94. The Bertz CT molecular complexity index is 677. The van der Waals surface area contributed by atoms with Gasteiger partial charge in [-0.3, -0.25) is 4.79 Å². The fraction of sp³-hybridized carbons (Fsp3) is 0.263. The first-order valence-corrected chi connectivity index (χ1v) is 8.11. The molecule has 132 valence electrons. The first-order valence-electron chi connectivity index (χ1n) is 8.11. The van der Waals surface area contributed by atoms with Crippen molar-refractivity contribution in [2.75, 3.05) is 12.0 Å². The molecule has 3 N–H and O–H groups in total. The minimum absolute atomic E-state index is 0.217. The predicted octanol–water partition coefficient (Wildman–Crippen LogP) is 2.61. The quantitative estimate of drug-likeness (QED) is 0.369. The van der Waals surface area contributed by atoms with E-state index in [1.807, 2.05) is 36.4 Å². The molecular weight excluding hydrogens is 318 g/mol. The van der Waals surface area contributed by atoms with E-state index in [0.717, 1.165) is 5.56 Å². The van der Waals surface area contributed by atoms with Gasteiger partial charge in [0.05, 0.1) is 12.7 Å². The van der Waals surface area contributed by atoms with Crippen LogP contribution in [-0.2, 0) is 9.53 Å². The second-order valence-electron chi connectivity index (χ2n) is 5.46. The van der Waals surface area contributed by atoms with Gasteiger partial charge in [0.25, 0.3) is 0 Å². The number of hydrazine groups is 1. The lowest BCUT2D eigenvalue weighted by atomic mass is 9.97. The SMILES string of the molecule is C=C(CC(NNc1ccccn1)C(=O)OCC)C(O)c1ccccc1. The highest BCUT2D eigenvalue weighted by Gasteiger charge is 2.23. The van der Waals surface area contributed by atoms with Crippen molar-refractivity contribution in [3.63, 3.8) is 0 Å². The Morgan fingerprint density at radius 3 is 2.60 bits per heavy atom. The number of esters is 1. The van der Waals surface area contributed by atoms with Gasteiger partial charge in [0.15, 0.2) is 0 Å². The Balaban J connectivity index is 2.02. The molecule has 0 aliphatic carbocycles. The van der Waals surface area contributed by atoms with Gasteiger partial charge in [-0.1, -0.05) is 43.0 Å². The number of nitrogens with zero attached hydrogens (tertiary/aromatic N) is 1. The number of aromatic nitrogens is 1. The minimum Gasteiger partial charge on any atom is -0.465 e. The number of hydrogen-bond acceptors (Lipinski definition) is 6. The molecule has 6 nitrogen and oxygen atoms in total. The Hall–Kier alpha value is -2.70. The molecule has 0 aliphatic heterocycles. The van der Waals surface area contributed by atoms with Crippen molar-refractivity contribution in [1.29, 1.82) is 0 Å². The van der Waals surface area contributed by atoms with Crippen LogP contribution in [0.4, 0.5) is 5.82 Å². The van der Waals surface area contributed by atoms with Gasteiger partial charge in [-0.15, -0.1) is 0 Å². The zero-order valence-corrected chi connectivity index (χ0v) is 14.2. The third-order valence-corrected chi connectivity index (χ3v) is 3.58. The largest absolute Gasteiger partial charge is 0.465 e. The van der Waals surface area contributed by atoms with Crippen molar-refractivity contribution in [2.45, 2.75) is 25.5 Å². The van der Waals surface area contributed by atoms with Crippen LogP contribution in [0.5, 0.6) is 0 Å². The first kappa shape index (κ1) is 18.6. The van der Waals surface area contributed by atoms with E-state index < -0.39 is 18.1 Å². The lowest BCUT2D eigenvalue weighted by Gasteiger charge is -2.21. The highest BCUT2D eigenvalue weighted by Crippen LogP contribution is 2.23. The average molecular weight is 341 g/mol. The normalized spacial score (nSPS) is 12.9. The summed E-state index contributed by atoms with van der Waals surface area (Å²) >= 11 is 0. The highest BCUT2D eigenvalue weighted by atomic mass is 16.5. The molecule has 0 spiro atoms. The van der Waals surface area contributed by atoms with Crippen LogP contribution in [0.25, 0.3) is 0 Å². The van der Waals surface area contributed by atoms with Gasteiger partial charge in [0.2, 0.25) is 0 Å². The third kappa shape index (κ3) is 5.70. The molecule has 2 rings (SSSR count). The van der Waals surface area contributed by atoms with Crippen LogP contribution in [-0.4, -0.2) is 28.7 Å². The van der Waals surface area contributed by atoms with E-state index in [4.69, 9.17) is 4.74 Å². The molecule has 1 aromatic heterocycles. The van der Waals surface area contributed by atoms with Crippen LogP contribution >= 0.6 is 0 Å². The second kappa shape index (κ2) is 9.56. The molecule has 0 fully saturated rings. The molecule has 6 heteroatoms. The van der Waals surface area contributed by atoms with Gasteiger partial charge in [-0.2, -0.15) is 0 Å². The number of benzene rings is 1. The molecule has 1 heterocycles. The van der Waals surface area contributed by atoms with Crippen LogP contribution in [0.2, 0.25) is 0 Å². The van der Waals surface area contributed by atoms with Crippen molar-refractivity contribution in [3.05, 3.63) is 72.4 Å². The van der Waals surface area contributed by atoms with Crippen molar-refractivity contribution < 1.29 is 14.6 Å². The maximum absolute atomic E-state index is 12.2. The Morgan fingerprint density at radius 1 is 1.24 bits per heavy atom. The minimum atomic E-state index is -0.852. The average Bonchev–Trinajstić information content (AvgIpc) is 2.66. The smallest absolute Gasteiger partial charge is 0.325 e. The number of aliphatic hydroxyl groups excluding tert-OH is 1. The Kier molecular flexibility index (Phi) is 7.13. The first-order chi connectivity index (χ1) is 12.1. The number of rotatable bonds is 9. The summed E-state index contributed by atoms with van der Waals surface area (Å²) < 4.78 is 5.09. The van der Waals surface area contributed by atoms with Gasteiger partial charge in [-0.05, 0) is 36.6 Å². The summed E-state index contributed by atoms with van der Waals surface area (Å²) in [6.07, 6.45) is 1.01. The lowest BCUT2D eigenvalue weighted by molar-refractivity contribution is -0.145. The van der Waals surface area contributed by atoms with Crippen LogP contribution in [0, 0.1) is 0 Å². The lowest BCUT2D eigenvalue weighted by Crippen LogP contribution is -2.42. The Morgan fingerprint density at radius 2 is 1.96 bits per heavy atom. The zero-order valence-electron chi connectivity index (χ0n) is 14.2. The summed E-state index contributed by atoms with van der Waals surface area (Å²) in [5.41, 5.74) is 7.03. The van der Waals surface area contributed by atoms with E-state index in [-0.39, 0.29) is 13.0 Å².